The highest BCUT2D eigenvalue weighted by molar-refractivity contribution is 7.25. The minimum absolute atomic E-state index is 0.0393. The molecule has 0 aliphatic rings. The Kier molecular flexibility index (Phi) is 7.28. The Hall–Kier alpha value is -6.88. The SMILES string of the molecule is CC(C)(C)c1cc(-c2ccc3c(c2)c2ccccc2n3-c2ccccc2)c2c(c1)c1cc(C(C)(C)C)cc3c4ccc5c(c6cc(C(C)(C)C)cc7c8c9ccccc9sc8n5c76)c4n2c13. The number of hydrogen-bond donors (Lipinski definition) is 0. The van der Waals surface area contributed by atoms with Crippen molar-refractivity contribution in [3.8, 4) is 16.8 Å². The number of aromatic nitrogens is 3. The molecule has 0 aliphatic heterocycles. The van der Waals surface area contributed by atoms with Crippen molar-refractivity contribution in [2.24, 2.45) is 0 Å². The molecule has 0 aliphatic carbocycles. The maximum absolute atomic E-state index is 2.71. The molecule has 14 aromatic rings. The van der Waals surface area contributed by atoms with Gasteiger partial charge in [-0.05, 0) is 117 Å². The molecule has 8 aromatic carbocycles. The molecule has 320 valence electrons. The predicted molar refractivity (Wildman–Crippen MR) is 287 cm³/mol. The minimum atomic E-state index is -0.0727. The van der Waals surface area contributed by atoms with E-state index in [0.717, 1.165) is 0 Å². The first-order valence-corrected chi connectivity index (χ1v) is 24.4. The Bertz CT molecular complexity index is 4370. The molecule has 0 unspecified atom stereocenters. The van der Waals surface area contributed by atoms with E-state index < -0.39 is 0 Å². The average molecular weight is 870 g/mol. The second-order valence-corrected chi connectivity index (χ2v) is 23.3. The molecule has 3 nitrogen and oxygen atoms in total. The van der Waals surface area contributed by atoms with Crippen molar-refractivity contribution in [2.75, 3.05) is 0 Å². The van der Waals surface area contributed by atoms with Gasteiger partial charge in [-0.2, -0.15) is 0 Å². The zero-order chi connectivity index (χ0) is 44.9. The van der Waals surface area contributed by atoms with Gasteiger partial charge in [0.15, 0.2) is 0 Å². The van der Waals surface area contributed by atoms with Crippen LogP contribution in [0.5, 0.6) is 0 Å². The molecule has 0 amide bonds. The van der Waals surface area contributed by atoms with E-state index in [1.807, 2.05) is 11.3 Å². The van der Waals surface area contributed by atoms with Crippen LogP contribution in [0.3, 0.4) is 0 Å². The van der Waals surface area contributed by atoms with Gasteiger partial charge in [0.2, 0.25) is 0 Å². The third kappa shape index (κ3) is 4.93. The smallest absolute Gasteiger partial charge is 0.109 e. The molecule has 4 heteroatoms. The van der Waals surface area contributed by atoms with Gasteiger partial charge in [0.05, 0.1) is 38.6 Å². The predicted octanol–water partition coefficient (Wildman–Crippen LogP) is 17.9. The zero-order valence-electron chi connectivity index (χ0n) is 39.1. The van der Waals surface area contributed by atoms with Gasteiger partial charge < -0.3 is 8.97 Å². The first-order chi connectivity index (χ1) is 31.6. The molecule has 66 heavy (non-hydrogen) atoms. The molecule has 0 saturated carbocycles. The van der Waals surface area contributed by atoms with Crippen molar-refractivity contribution in [3.05, 3.63) is 162 Å². The van der Waals surface area contributed by atoms with Crippen molar-refractivity contribution >= 4 is 119 Å². The van der Waals surface area contributed by atoms with Gasteiger partial charge in [-0.1, -0.05) is 129 Å². The highest BCUT2D eigenvalue weighted by Crippen LogP contribution is 2.52. The highest BCUT2D eigenvalue weighted by atomic mass is 32.1. The molecule has 0 N–H and O–H groups in total. The standard InChI is InChI=1S/C62H51N3S/c1-60(2,3)35-28-42(34-23-25-50-43(27-34)39-19-13-15-21-49(39)63(50)38-17-11-10-12-18-38)55-45(30-35)46-31-36(61(4,5)6)29-44-40-24-26-51-54(58(40)65(55)56(44)46)48-33-37(62(7,8)9)32-47-53-41-20-14-16-22-52(41)66-59(53)64(51)57(47)48/h10-33H,1-9H3. The van der Waals surface area contributed by atoms with Gasteiger partial charge in [0.25, 0.3) is 0 Å². The Labute approximate surface area is 387 Å². The van der Waals surface area contributed by atoms with Crippen LogP contribution < -0.4 is 0 Å². The summed E-state index contributed by atoms with van der Waals surface area (Å²) in [6, 6.07) is 56.0. The molecule has 6 aromatic heterocycles. The summed E-state index contributed by atoms with van der Waals surface area (Å²) in [6.45, 7) is 21.3. The van der Waals surface area contributed by atoms with Gasteiger partial charge in [0, 0.05) is 75.2 Å². The van der Waals surface area contributed by atoms with Crippen molar-refractivity contribution in [3.63, 3.8) is 0 Å². The van der Waals surface area contributed by atoms with E-state index in [0.29, 0.717) is 0 Å². The van der Waals surface area contributed by atoms with Gasteiger partial charge in [-0.3, -0.25) is 4.40 Å². The molecular weight excluding hydrogens is 819 g/mol. The van der Waals surface area contributed by atoms with Crippen molar-refractivity contribution < 1.29 is 0 Å². The van der Waals surface area contributed by atoms with E-state index in [2.05, 4.69) is 221 Å². The van der Waals surface area contributed by atoms with Crippen LogP contribution >= 0.6 is 11.3 Å². The van der Waals surface area contributed by atoms with Crippen molar-refractivity contribution in [1.82, 2.24) is 13.4 Å². The van der Waals surface area contributed by atoms with E-state index >= 15 is 0 Å². The van der Waals surface area contributed by atoms with Gasteiger partial charge in [0.1, 0.15) is 4.83 Å². The molecule has 0 radical (unpaired) electrons. The van der Waals surface area contributed by atoms with E-state index in [-0.39, 0.29) is 16.2 Å². The Morgan fingerprint density at radius 1 is 0.364 bits per heavy atom. The molecule has 0 spiro atoms. The molecule has 0 fully saturated rings. The Morgan fingerprint density at radius 3 is 1.62 bits per heavy atom. The normalized spacial score (nSPS) is 13.5. The molecule has 0 atom stereocenters. The summed E-state index contributed by atoms with van der Waals surface area (Å²) in [5, 5.41) is 14.6. The van der Waals surface area contributed by atoms with Gasteiger partial charge in [-0.25, -0.2) is 0 Å². The largest absolute Gasteiger partial charge is 0.309 e. The molecular formula is C62H51N3S. The first kappa shape index (κ1) is 38.4. The number of thiophene rings is 1. The number of benzene rings is 8. The minimum Gasteiger partial charge on any atom is -0.309 e. The third-order valence-electron chi connectivity index (χ3n) is 15.1. The lowest BCUT2D eigenvalue weighted by Crippen LogP contribution is -2.11. The number of para-hydroxylation sites is 2. The molecule has 6 heterocycles. The number of hydrogen-bond acceptors (Lipinski definition) is 1. The fraction of sp³-hybridized carbons (Fsp3) is 0.194. The summed E-state index contributed by atoms with van der Waals surface area (Å²) in [5.74, 6) is 0. The van der Waals surface area contributed by atoms with Crippen LogP contribution in [-0.2, 0) is 16.2 Å². The van der Waals surface area contributed by atoms with Crippen LogP contribution in [0.15, 0.2) is 146 Å². The lowest BCUT2D eigenvalue weighted by atomic mass is 9.83. The van der Waals surface area contributed by atoms with Crippen LogP contribution in [0.25, 0.3) is 124 Å². The second-order valence-electron chi connectivity index (χ2n) is 22.2. The fourth-order valence-electron chi connectivity index (χ4n) is 11.7. The monoisotopic (exact) mass is 869 g/mol. The first-order valence-electron chi connectivity index (χ1n) is 23.6. The van der Waals surface area contributed by atoms with Crippen molar-refractivity contribution in [1.29, 1.82) is 0 Å². The van der Waals surface area contributed by atoms with E-state index in [4.69, 9.17) is 0 Å². The average Bonchev–Trinajstić information content (AvgIpc) is 4.13. The second kappa shape index (κ2) is 12.5. The topological polar surface area (TPSA) is 13.8 Å². The van der Waals surface area contributed by atoms with E-state index in [9.17, 15) is 0 Å². The van der Waals surface area contributed by atoms with Gasteiger partial charge >= 0.3 is 0 Å². The molecule has 14 rings (SSSR count). The van der Waals surface area contributed by atoms with Crippen molar-refractivity contribution in [2.45, 2.75) is 78.6 Å². The number of fused-ring (bicyclic) bond motifs is 18. The third-order valence-corrected chi connectivity index (χ3v) is 16.3. The van der Waals surface area contributed by atoms with Gasteiger partial charge in [-0.15, -0.1) is 11.3 Å². The van der Waals surface area contributed by atoms with E-state index in [1.54, 1.807) is 0 Å². The fourth-order valence-corrected chi connectivity index (χ4v) is 13.0. The lowest BCUT2D eigenvalue weighted by molar-refractivity contribution is 0.591. The zero-order valence-corrected chi connectivity index (χ0v) is 39.9. The maximum atomic E-state index is 2.71. The highest BCUT2D eigenvalue weighted by Gasteiger charge is 2.31. The summed E-state index contributed by atoms with van der Waals surface area (Å²) in [6.07, 6.45) is 0. The number of rotatable bonds is 2. The Morgan fingerprint density at radius 2 is 0.909 bits per heavy atom. The molecule has 0 bridgehead atoms. The van der Waals surface area contributed by atoms with Crippen LogP contribution in [0.2, 0.25) is 0 Å². The maximum Gasteiger partial charge on any atom is 0.109 e. The summed E-state index contributed by atoms with van der Waals surface area (Å²) in [5.41, 5.74) is 16.6. The quantitative estimate of drug-likeness (QED) is 0.164. The van der Waals surface area contributed by atoms with E-state index in [1.165, 1.54) is 141 Å². The van der Waals surface area contributed by atoms with Crippen LogP contribution in [0.1, 0.15) is 79.0 Å². The van der Waals surface area contributed by atoms with Crippen LogP contribution in [0, 0.1) is 0 Å². The lowest BCUT2D eigenvalue weighted by Gasteiger charge is -2.22. The van der Waals surface area contributed by atoms with Crippen LogP contribution in [-0.4, -0.2) is 13.4 Å². The summed E-state index contributed by atoms with van der Waals surface area (Å²) >= 11 is 1.93. The summed E-state index contributed by atoms with van der Waals surface area (Å²) in [7, 11) is 0. The number of nitrogens with zero attached hydrogens (tertiary/aromatic N) is 3. The molecule has 0 saturated heterocycles. The summed E-state index contributed by atoms with van der Waals surface area (Å²) < 4.78 is 9.10. The Balaban J connectivity index is 1.21. The summed E-state index contributed by atoms with van der Waals surface area (Å²) in [4.78, 5) is 1.34. The van der Waals surface area contributed by atoms with Crippen LogP contribution in [0.4, 0.5) is 0 Å².